The molecule has 0 spiro atoms. The molecule has 2 N–H and O–H groups in total. The number of nitrogens with one attached hydrogen (secondary N) is 2. The van der Waals surface area contributed by atoms with Crippen molar-refractivity contribution in [1.29, 1.82) is 0 Å². The van der Waals surface area contributed by atoms with E-state index in [-0.39, 0.29) is 18.3 Å². The molecule has 1 amide bonds. The molecular weight excluding hydrogens is 264 g/mol. The molecule has 0 aromatic heterocycles. The van der Waals surface area contributed by atoms with Crippen LogP contribution in [0.5, 0.6) is 0 Å². The van der Waals surface area contributed by atoms with Gasteiger partial charge in [-0.15, -0.1) is 12.4 Å². The van der Waals surface area contributed by atoms with Gasteiger partial charge in [0, 0.05) is 38.8 Å². The normalized spacial score (nSPS) is 19.0. The van der Waals surface area contributed by atoms with E-state index in [1.165, 1.54) is 0 Å². The Kier molecular flexibility index (Phi) is 9.35. The summed E-state index contributed by atoms with van der Waals surface area (Å²) in [6, 6.07) is 0.444. The summed E-state index contributed by atoms with van der Waals surface area (Å²) >= 11 is 0. The zero-order valence-electron chi connectivity index (χ0n) is 12.6. The van der Waals surface area contributed by atoms with Crippen molar-refractivity contribution in [2.45, 2.75) is 19.9 Å². The predicted molar refractivity (Wildman–Crippen MR) is 81.9 cm³/mol. The summed E-state index contributed by atoms with van der Waals surface area (Å²) < 4.78 is 0. The van der Waals surface area contributed by atoms with Gasteiger partial charge < -0.3 is 15.5 Å². The van der Waals surface area contributed by atoms with Gasteiger partial charge >= 0.3 is 0 Å². The second-order valence-corrected chi connectivity index (χ2v) is 5.49. The van der Waals surface area contributed by atoms with E-state index in [9.17, 15) is 4.79 Å². The first-order valence-corrected chi connectivity index (χ1v) is 6.88. The molecule has 19 heavy (non-hydrogen) atoms. The van der Waals surface area contributed by atoms with Crippen molar-refractivity contribution >= 4 is 18.3 Å². The molecule has 0 saturated carbocycles. The van der Waals surface area contributed by atoms with Crippen LogP contribution in [0.2, 0.25) is 0 Å². The molecule has 1 unspecified atom stereocenters. The first kappa shape index (κ1) is 18.6. The highest BCUT2D eigenvalue weighted by molar-refractivity contribution is 5.85. The SMILES string of the molecule is CNCC(=O)NCC(C(C)C)N1CCN(C)CC1.Cl. The number of carbonyl (C=O) groups is 1. The average molecular weight is 293 g/mol. The summed E-state index contributed by atoms with van der Waals surface area (Å²) in [5, 5.41) is 5.89. The van der Waals surface area contributed by atoms with Crippen molar-refractivity contribution in [3.05, 3.63) is 0 Å². The van der Waals surface area contributed by atoms with E-state index in [2.05, 4.69) is 41.3 Å². The summed E-state index contributed by atoms with van der Waals surface area (Å²) in [6.07, 6.45) is 0. The van der Waals surface area contributed by atoms with Gasteiger partial charge in [-0.25, -0.2) is 0 Å². The third kappa shape index (κ3) is 6.56. The molecule has 1 saturated heterocycles. The summed E-state index contributed by atoms with van der Waals surface area (Å²) in [5.74, 6) is 0.639. The van der Waals surface area contributed by atoms with Gasteiger partial charge in [0.2, 0.25) is 5.91 Å². The van der Waals surface area contributed by atoms with Crippen LogP contribution in [0, 0.1) is 5.92 Å². The number of likely N-dealkylation sites (N-methyl/N-ethyl adjacent to an activating group) is 2. The van der Waals surface area contributed by atoms with E-state index in [4.69, 9.17) is 0 Å². The molecule has 0 aromatic rings. The fourth-order valence-electron chi connectivity index (χ4n) is 2.38. The minimum atomic E-state index is 0. The zero-order valence-corrected chi connectivity index (χ0v) is 13.4. The van der Waals surface area contributed by atoms with Gasteiger partial charge in [0.05, 0.1) is 6.54 Å². The quantitative estimate of drug-likeness (QED) is 0.724. The molecule has 1 aliphatic heterocycles. The predicted octanol–water partition coefficient (Wildman–Crippen LogP) is 0.0158. The standard InChI is InChI=1S/C13H28N4O.ClH/c1-11(2)12(9-15-13(18)10-14-3)17-7-5-16(4)6-8-17;/h11-12,14H,5-10H2,1-4H3,(H,15,18);1H. The van der Waals surface area contributed by atoms with Crippen LogP contribution >= 0.6 is 12.4 Å². The Hall–Kier alpha value is -0.360. The minimum Gasteiger partial charge on any atom is -0.353 e. The fraction of sp³-hybridized carbons (Fsp3) is 0.923. The Labute approximate surface area is 123 Å². The molecule has 1 fully saturated rings. The number of halogens is 1. The topological polar surface area (TPSA) is 47.6 Å². The van der Waals surface area contributed by atoms with Crippen molar-refractivity contribution in [3.63, 3.8) is 0 Å². The molecule has 1 atom stereocenters. The second-order valence-electron chi connectivity index (χ2n) is 5.49. The third-order valence-corrected chi connectivity index (χ3v) is 3.62. The Morgan fingerprint density at radius 1 is 1.21 bits per heavy atom. The average Bonchev–Trinajstić information content (AvgIpc) is 2.31. The maximum absolute atomic E-state index is 11.5. The highest BCUT2D eigenvalue weighted by Crippen LogP contribution is 2.12. The van der Waals surface area contributed by atoms with Crippen LogP contribution in [0.1, 0.15) is 13.8 Å². The molecule has 0 radical (unpaired) electrons. The summed E-state index contributed by atoms with van der Waals surface area (Å²) in [4.78, 5) is 16.4. The van der Waals surface area contributed by atoms with Crippen LogP contribution in [-0.4, -0.2) is 75.1 Å². The van der Waals surface area contributed by atoms with Crippen molar-refractivity contribution < 1.29 is 4.79 Å². The molecule has 5 nitrogen and oxygen atoms in total. The molecule has 0 aliphatic carbocycles. The Balaban J connectivity index is 0.00000324. The van der Waals surface area contributed by atoms with Gasteiger partial charge in [0.25, 0.3) is 0 Å². The van der Waals surface area contributed by atoms with Gasteiger partial charge in [0.1, 0.15) is 0 Å². The lowest BCUT2D eigenvalue weighted by atomic mass is 10.0. The van der Waals surface area contributed by atoms with Gasteiger partial charge in [-0.3, -0.25) is 9.69 Å². The van der Waals surface area contributed by atoms with Gasteiger partial charge in [-0.1, -0.05) is 13.8 Å². The number of carbonyl (C=O) groups excluding carboxylic acids is 1. The van der Waals surface area contributed by atoms with Crippen molar-refractivity contribution in [1.82, 2.24) is 20.4 Å². The zero-order chi connectivity index (χ0) is 13.5. The van der Waals surface area contributed by atoms with Crippen molar-refractivity contribution in [3.8, 4) is 0 Å². The van der Waals surface area contributed by atoms with Crippen LogP contribution in [0.3, 0.4) is 0 Å². The van der Waals surface area contributed by atoms with E-state index >= 15 is 0 Å². The lowest BCUT2D eigenvalue weighted by Gasteiger charge is -2.39. The van der Waals surface area contributed by atoms with Gasteiger partial charge in [-0.2, -0.15) is 0 Å². The van der Waals surface area contributed by atoms with Crippen molar-refractivity contribution in [2.24, 2.45) is 5.92 Å². The Morgan fingerprint density at radius 3 is 2.26 bits per heavy atom. The number of hydrogen-bond donors (Lipinski definition) is 2. The summed E-state index contributed by atoms with van der Waals surface area (Å²) in [7, 11) is 3.95. The molecule has 6 heteroatoms. The highest BCUT2D eigenvalue weighted by Gasteiger charge is 2.25. The second kappa shape index (κ2) is 9.53. The van der Waals surface area contributed by atoms with E-state index in [1.54, 1.807) is 7.05 Å². The molecule has 0 bridgehead atoms. The third-order valence-electron chi connectivity index (χ3n) is 3.62. The summed E-state index contributed by atoms with van der Waals surface area (Å²) in [6.45, 7) is 10.0. The largest absolute Gasteiger partial charge is 0.353 e. The minimum absolute atomic E-state index is 0. The molecule has 0 aromatic carbocycles. The van der Waals surface area contributed by atoms with Crippen LogP contribution in [0.25, 0.3) is 0 Å². The van der Waals surface area contributed by atoms with E-state index in [1.807, 2.05) is 0 Å². The lowest BCUT2D eigenvalue weighted by Crippen LogP contribution is -2.54. The number of hydrogen-bond acceptors (Lipinski definition) is 4. The number of amides is 1. The van der Waals surface area contributed by atoms with Crippen LogP contribution in [0.4, 0.5) is 0 Å². The summed E-state index contributed by atoms with van der Waals surface area (Å²) in [5.41, 5.74) is 0. The fourth-order valence-corrected chi connectivity index (χ4v) is 2.38. The molecule has 1 heterocycles. The number of nitrogens with zero attached hydrogens (tertiary/aromatic N) is 2. The first-order valence-electron chi connectivity index (χ1n) is 6.88. The van der Waals surface area contributed by atoms with Crippen LogP contribution < -0.4 is 10.6 Å². The maximum Gasteiger partial charge on any atom is 0.234 e. The molecular formula is C13H29ClN4O. The lowest BCUT2D eigenvalue weighted by molar-refractivity contribution is -0.120. The maximum atomic E-state index is 11.5. The molecule has 1 rings (SSSR count). The number of rotatable bonds is 6. The van der Waals surface area contributed by atoms with E-state index < -0.39 is 0 Å². The van der Waals surface area contributed by atoms with Gasteiger partial charge in [-0.05, 0) is 20.0 Å². The Bertz CT molecular complexity index is 255. The van der Waals surface area contributed by atoms with E-state index in [0.29, 0.717) is 18.5 Å². The van der Waals surface area contributed by atoms with E-state index in [0.717, 1.165) is 32.7 Å². The molecule has 114 valence electrons. The van der Waals surface area contributed by atoms with Gasteiger partial charge in [0.15, 0.2) is 0 Å². The first-order chi connectivity index (χ1) is 8.54. The smallest absolute Gasteiger partial charge is 0.234 e. The van der Waals surface area contributed by atoms with Crippen molar-refractivity contribution in [2.75, 3.05) is 53.4 Å². The van der Waals surface area contributed by atoms with Crippen LogP contribution in [0.15, 0.2) is 0 Å². The highest BCUT2D eigenvalue weighted by atomic mass is 35.5. The number of piperazine rings is 1. The molecule has 1 aliphatic rings. The Morgan fingerprint density at radius 2 is 1.79 bits per heavy atom. The van der Waals surface area contributed by atoms with Crippen LogP contribution in [-0.2, 0) is 4.79 Å². The monoisotopic (exact) mass is 292 g/mol.